The molecule has 6 nitrogen and oxygen atoms in total. The van der Waals surface area contributed by atoms with Crippen LogP contribution >= 0.6 is 0 Å². The predicted molar refractivity (Wildman–Crippen MR) is 78.1 cm³/mol. The topological polar surface area (TPSA) is 71.2 Å². The maximum absolute atomic E-state index is 11.5. The molecule has 3 atom stereocenters. The van der Waals surface area contributed by atoms with E-state index in [0.29, 0.717) is 12.0 Å². The van der Waals surface area contributed by atoms with Gasteiger partial charge in [-0.15, -0.1) is 0 Å². The number of carbonyl (C=O) groups excluding carboxylic acids is 1. The monoisotopic (exact) mass is 286 g/mol. The lowest BCUT2D eigenvalue weighted by Crippen LogP contribution is -2.59. The highest BCUT2D eigenvalue weighted by Gasteiger charge is 2.49. The predicted octanol–water partition coefficient (Wildman–Crippen LogP) is 0.344. The zero-order valence-electron chi connectivity index (χ0n) is 11.7. The first-order valence-electron chi connectivity index (χ1n) is 7.26. The van der Waals surface area contributed by atoms with Crippen LogP contribution in [0.3, 0.4) is 0 Å². The van der Waals surface area contributed by atoms with Gasteiger partial charge in [0.05, 0.1) is 6.04 Å². The fourth-order valence-electron chi connectivity index (χ4n) is 3.55. The van der Waals surface area contributed by atoms with Gasteiger partial charge in [-0.05, 0) is 12.5 Å². The molecule has 0 aromatic carbocycles. The molecule has 0 radical (unpaired) electrons. The van der Waals surface area contributed by atoms with E-state index in [9.17, 15) is 4.79 Å². The van der Waals surface area contributed by atoms with E-state index in [1.807, 2.05) is 12.4 Å². The van der Waals surface area contributed by atoms with Crippen LogP contribution in [0.1, 0.15) is 12.8 Å². The Labute approximate surface area is 123 Å². The summed E-state index contributed by atoms with van der Waals surface area (Å²) < 4.78 is 0. The summed E-state index contributed by atoms with van der Waals surface area (Å²) in [6.45, 7) is 2.69. The van der Waals surface area contributed by atoms with Crippen LogP contribution in [0.5, 0.6) is 0 Å². The van der Waals surface area contributed by atoms with Crippen LogP contribution in [0.25, 0.3) is 0 Å². The van der Waals surface area contributed by atoms with Crippen LogP contribution in [0, 0.1) is 0 Å². The molecule has 0 aromatic rings. The molecule has 4 rings (SSSR count). The summed E-state index contributed by atoms with van der Waals surface area (Å²) >= 11 is 0. The van der Waals surface area contributed by atoms with E-state index in [0.717, 1.165) is 26.1 Å². The number of hydrogen-bond donors (Lipinski definition) is 1. The lowest BCUT2D eigenvalue weighted by atomic mass is 9.87. The zero-order chi connectivity index (χ0) is 14.4. The van der Waals surface area contributed by atoms with Crippen LogP contribution in [-0.4, -0.2) is 53.2 Å². The van der Waals surface area contributed by atoms with Gasteiger partial charge in [0.15, 0.2) is 5.60 Å². The number of rotatable bonds is 1. The molecule has 4 heterocycles. The van der Waals surface area contributed by atoms with Crippen molar-refractivity contribution in [2.75, 3.05) is 19.6 Å². The second-order valence-corrected chi connectivity index (χ2v) is 5.98. The molecule has 0 aromatic heterocycles. The highest BCUT2D eigenvalue weighted by molar-refractivity contribution is 5.92. The number of nitrogens with zero attached hydrogens (tertiary/aromatic N) is 3. The lowest BCUT2D eigenvalue weighted by Gasteiger charge is -2.47. The van der Waals surface area contributed by atoms with E-state index in [4.69, 9.17) is 10.6 Å². The maximum atomic E-state index is 11.5. The molecule has 21 heavy (non-hydrogen) atoms. The Morgan fingerprint density at radius 3 is 3.19 bits per heavy atom. The molecule has 1 fully saturated rings. The van der Waals surface area contributed by atoms with Gasteiger partial charge in [-0.1, -0.05) is 17.3 Å². The number of nitrogens with two attached hydrogens (primary N) is 1. The average molecular weight is 286 g/mol. The molecule has 1 saturated heterocycles. The number of oxime groups is 1. The van der Waals surface area contributed by atoms with Crippen molar-refractivity contribution >= 4 is 12.1 Å². The first kappa shape index (κ1) is 12.6. The molecule has 4 aliphatic rings. The third kappa shape index (κ3) is 1.90. The SMILES string of the molecule is NC(=O)C1=CN2C(=CC1)CN1CC=CC3(CC=NO3)C2C1. The van der Waals surface area contributed by atoms with Gasteiger partial charge in [0, 0.05) is 49.7 Å². The Morgan fingerprint density at radius 1 is 1.52 bits per heavy atom. The Bertz CT molecular complexity index is 597. The third-order valence-electron chi connectivity index (χ3n) is 4.69. The van der Waals surface area contributed by atoms with Crippen molar-refractivity contribution in [2.24, 2.45) is 10.9 Å². The molecule has 4 aliphatic heterocycles. The number of primary amides is 1. The quantitative estimate of drug-likeness (QED) is 0.706. The maximum Gasteiger partial charge on any atom is 0.246 e. The van der Waals surface area contributed by atoms with Gasteiger partial charge in [-0.25, -0.2) is 0 Å². The molecular weight excluding hydrogens is 268 g/mol. The van der Waals surface area contributed by atoms with Crippen molar-refractivity contribution in [1.29, 1.82) is 0 Å². The third-order valence-corrected chi connectivity index (χ3v) is 4.69. The first-order valence-corrected chi connectivity index (χ1v) is 7.26. The van der Waals surface area contributed by atoms with Crippen LogP contribution in [0.2, 0.25) is 0 Å². The first-order chi connectivity index (χ1) is 10.2. The molecule has 2 N–H and O–H groups in total. The Kier molecular flexibility index (Phi) is 2.68. The molecule has 1 spiro atoms. The van der Waals surface area contributed by atoms with Crippen molar-refractivity contribution in [2.45, 2.75) is 24.5 Å². The minimum absolute atomic E-state index is 0.105. The summed E-state index contributed by atoms with van der Waals surface area (Å²) in [5, 5.41) is 3.99. The molecule has 2 bridgehead atoms. The molecule has 1 amide bonds. The summed E-state index contributed by atoms with van der Waals surface area (Å²) in [6, 6.07) is 0.105. The van der Waals surface area contributed by atoms with Crippen molar-refractivity contribution < 1.29 is 9.63 Å². The number of hydrogen-bond acceptors (Lipinski definition) is 5. The summed E-state index contributed by atoms with van der Waals surface area (Å²) in [5.74, 6) is -0.352. The molecule has 3 unspecified atom stereocenters. The Hall–Kier alpha value is -2.08. The van der Waals surface area contributed by atoms with Crippen LogP contribution < -0.4 is 5.73 Å². The zero-order valence-corrected chi connectivity index (χ0v) is 11.7. The van der Waals surface area contributed by atoms with E-state index in [-0.39, 0.29) is 11.9 Å². The van der Waals surface area contributed by atoms with Gasteiger partial charge in [0.25, 0.3) is 0 Å². The van der Waals surface area contributed by atoms with E-state index in [1.54, 1.807) is 0 Å². The van der Waals surface area contributed by atoms with E-state index < -0.39 is 5.60 Å². The summed E-state index contributed by atoms with van der Waals surface area (Å²) in [4.78, 5) is 21.8. The number of amides is 1. The van der Waals surface area contributed by atoms with Gasteiger partial charge in [0.1, 0.15) is 0 Å². The normalized spacial score (nSPS) is 36.7. The lowest BCUT2D eigenvalue weighted by molar-refractivity contribution is -0.114. The van der Waals surface area contributed by atoms with Crippen molar-refractivity contribution in [3.05, 3.63) is 35.7 Å². The highest BCUT2D eigenvalue weighted by atomic mass is 16.7. The average Bonchev–Trinajstić information content (AvgIpc) is 2.90. The summed E-state index contributed by atoms with van der Waals surface area (Å²) in [7, 11) is 0. The minimum atomic E-state index is -0.440. The van der Waals surface area contributed by atoms with Gasteiger partial charge in [-0.3, -0.25) is 9.69 Å². The molecule has 110 valence electrons. The fraction of sp³-hybridized carbons (Fsp3) is 0.467. The number of piperazine rings is 1. The number of carbonyl (C=O) groups is 1. The number of allylic oxidation sites excluding steroid dienone is 1. The van der Waals surface area contributed by atoms with Gasteiger partial charge < -0.3 is 15.5 Å². The van der Waals surface area contributed by atoms with E-state index >= 15 is 0 Å². The molecule has 6 heteroatoms. The standard InChI is InChI=1S/C15H18N4O2/c16-14(20)11-2-3-12-9-18-7-1-4-15(5-6-17-21-15)13(10-18)19(12)8-11/h1,3-4,6,8,13H,2,5,7,9-10H2,(H2,16,20). The second kappa shape index (κ2) is 4.46. The molecular formula is C15H18N4O2. The number of fused-ring (bicyclic) bond motifs is 5. The van der Waals surface area contributed by atoms with Gasteiger partial charge in [-0.2, -0.15) is 0 Å². The van der Waals surface area contributed by atoms with Crippen LogP contribution in [-0.2, 0) is 9.63 Å². The second-order valence-electron chi connectivity index (χ2n) is 5.98. The minimum Gasteiger partial charge on any atom is -0.383 e. The molecule has 0 saturated carbocycles. The molecule has 0 aliphatic carbocycles. The van der Waals surface area contributed by atoms with Gasteiger partial charge in [0.2, 0.25) is 5.91 Å². The Morgan fingerprint density at radius 2 is 2.43 bits per heavy atom. The van der Waals surface area contributed by atoms with Crippen molar-refractivity contribution in [1.82, 2.24) is 9.80 Å². The smallest absolute Gasteiger partial charge is 0.246 e. The van der Waals surface area contributed by atoms with Gasteiger partial charge >= 0.3 is 0 Å². The van der Waals surface area contributed by atoms with E-state index in [1.165, 1.54) is 5.70 Å². The van der Waals surface area contributed by atoms with Crippen LogP contribution in [0.4, 0.5) is 0 Å². The van der Waals surface area contributed by atoms with E-state index in [2.05, 4.69) is 33.2 Å². The van der Waals surface area contributed by atoms with Crippen molar-refractivity contribution in [3.63, 3.8) is 0 Å². The summed E-state index contributed by atoms with van der Waals surface area (Å²) in [5.41, 5.74) is 6.88. The highest BCUT2D eigenvalue weighted by Crippen LogP contribution is 2.38. The van der Waals surface area contributed by atoms with Crippen LogP contribution in [0.15, 0.2) is 40.9 Å². The van der Waals surface area contributed by atoms with Crippen molar-refractivity contribution in [3.8, 4) is 0 Å². The largest absolute Gasteiger partial charge is 0.383 e. The fourth-order valence-corrected chi connectivity index (χ4v) is 3.55. The Balaban J connectivity index is 1.75. The summed E-state index contributed by atoms with van der Waals surface area (Å²) in [6.07, 6.45) is 11.5.